The summed E-state index contributed by atoms with van der Waals surface area (Å²) in [6, 6.07) is 5.00. The third-order valence-corrected chi connectivity index (χ3v) is 4.84. The zero-order chi connectivity index (χ0) is 15.7. The van der Waals surface area contributed by atoms with E-state index in [9.17, 15) is 9.59 Å². The number of nitrogens with one attached hydrogen (secondary N) is 1. The zero-order valence-corrected chi connectivity index (χ0v) is 13.7. The van der Waals surface area contributed by atoms with E-state index < -0.39 is 0 Å². The fourth-order valence-corrected chi connectivity index (χ4v) is 3.23. The van der Waals surface area contributed by atoms with E-state index in [1.807, 2.05) is 4.90 Å². The molecule has 0 atom stereocenters. The van der Waals surface area contributed by atoms with E-state index in [2.05, 4.69) is 5.32 Å². The lowest BCUT2D eigenvalue weighted by molar-refractivity contribution is -0.135. The van der Waals surface area contributed by atoms with Crippen molar-refractivity contribution in [1.82, 2.24) is 4.90 Å². The highest BCUT2D eigenvalue weighted by Gasteiger charge is 2.35. The van der Waals surface area contributed by atoms with E-state index in [-0.39, 0.29) is 23.7 Å². The van der Waals surface area contributed by atoms with Crippen LogP contribution in [0.5, 0.6) is 0 Å². The average molecular weight is 341 g/mol. The van der Waals surface area contributed by atoms with Gasteiger partial charge in [0.05, 0.1) is 10.7 Å². The van der Waals surface area contributed by atoms with Crippen molar-refractivity contribution in [3.05, 3.63) is 28.2 Å². The largest absolute Gasteiger partial charge is 0.342 e. The van der Waals surface area contributed by atoms with Gasteiger partial charge in [-0.15, -0.1) is 0 Å². The second kappa shape index (κ2) is 6.47. The molecule has 1 N–H and O–H groups in total. The van der Waals surface area contributed by atoms with E-state index in [4.69, 9.17) is 23.2 Å². The first kappa shape index (κ1) is 15.6. The minimum absolute atomic E-state index is 0.0391. The second-order valence-electron chi connectivity index (χ2n) is 5.99. The molecule has 0 aromatic heterocycles. The molecule has 118 valence electrons. The summed E-state index contributed by atoms with van der Waals surface area (Å²) in [5, 5.41) is 3.82. The molecule has 1 saturated heterocycles. The van der Waals surface area contributed by atoms with Gasteiger partial charge >= 0.3 is 0 Å². The van der Waals surface area contributed by atoms with Gasteiger partial charge in [-0.3, -0.25) is 9.59 Å². The lowest BCUT2D eigenvalue weighted by Gasteiger charge is -2.31. The maximum absolute atomic E-state index is 12.3. The highest BCUT2D eigenvalue weighted by atomic mass is 35.5. The van der Waals surface area contributed by atoms with Gasteiger partial charge in [-0.1, -0.05) is 23.2 Å². The Morgan fingerprint density at radius 2 is 1.73 bits per heavy atom. The van der Waals surface area contributed by atoms with Crippen LogP contribution in [0.4, 0.5) is 5.69 Å². The van der Waals surface area contributed by atoms with Crippen molar-refractivity contribution in [2.75, 3.05) is 18.4 Å². The van der Waals surface area contributed by atoms with Crippen molar-refractivity contribution in [1.29, 1.82) is 0 Å². The minimum atomic E-state index is -0.0741. The second-order valence-corrected chi connectivity index (χ2v) is 6.83. The zero-order valence-electron chi connectivity index (χ0n) is 12.1. The number of carbonyl (C=O) groups excluding carboxylic acids is 2. The summed E-state index contributed by atoms with van der Waals surface area (Å²) in [6.45, 7) is 1.34. The van der Waals surface area contributed by atoms with Gasteiger partial charge in [0.2, 0.25) is 11.8 Å². The lowest BCUT2D eigenvalue weighted by atomic mass is 9.95. The lowest BCUT2D eigenvalue weighted by Crippen LogP contribution is -2.42. The standard InChI is InChI=1S/C16H18Cl2N2O2/c17-12-3-4-14(13(18)9-12)19-15(21)10-5-7-20(8-6-10)16(22)11-1-2-11/h3-4,9-11H,1-2,5-8H2,(H,19,21). The maximum atomic E-state index is 12.3. The molecule has 2 aliphatic rings. The number of piperidine rings is 1. The monoisotopic (exact) mass is 340 g/mol. The summed E-state index contributed by atoms with van der Waals surface area (Å²) in [5.41, 5.74) is 0.576. The van der Waals surface area contributed by atoms with Crippen LogP contribution in [-0.4, -0.2) is 29.8 Å². The summed E-state index contributed by atoms with van der Waals surface area (Å²) in [4.78, 5) is 26.2. The van der Waals surface area contributed by atoms with Gasteiger partial charge in [0.15, 0.2) is 0 Å². The summed E-state index contributed by atoms with van der Waals surface area (Å²) in [7, 11) is 0. The van der Waals surface area contributed by atoms with Gasteiger partial charge in [0.1, 0.15) is 0 Å². The summed E-state index contributed by atoms with van der Waals surface area (Å²) in [5.74, 6) is 0.399. The van der Waals surface area contributed by atoms with E-state index in [1.54, 1.807) is 18.2 Å². The Hall–Kier alpha value is -1.26. The van der Waals surface area contributed by atoms with Crippen LogP contribution >= 0.6 is 23.2 Å². The molecule has 4 nitrogen and oxygen atoms in total. The van der Waals surface area contributed by atoms with Crippen LogP contribution in [0.3, 0.4) is 0 Å². The Bertz CT molecular complexity index is 594. The van der Waals surface area contributed by atoms with Gasteiger partial charge in [0.25, 0.3) is 0 Å². The molecule has 1 aliphatic carbocycles. The van der Waals surface area contributed by atoms with Crippen LogP contribution < -0.4 is 5.32 Å². The van der Waals surface area contributed by atoms with Gasteiger partial charge in [0, 0.05) is 29.9 Å². The molecule has 0 radical (unpaired) electrons. The number of halogens is 2. The topological polar surface area (TPSA) is 49.4 Å². The Balaban J connectivity index is 1.54. The molecule has 0 spiro atoms. The van der Waals surface area contributed by atoms with Crippen molar-refractivity contribution in [3.63, 3.8) is 0 Å². The summed E-state index contributed by atoms with van der Waals surface area (Å²) < 4.78 is 0. The number of amides is 2. The molecular formula is C16H18Cl2N2O2. The van der Waals surface area contributed by atoms with Crippen molar-refractivity contribution in [2.45, 2.75) is 25.7 Å². The van der Waals surface area contributed by atoms with E-state index in [0.29, 0.717) is 41.7 Å². The highest BCUT2D eigenvalue weighted by Crippen LogP contribution is 2.33. The van der Waals surface area contributed by atoms with Crippen molar-refractivity contribution >= 4 is 40.7 Å². The molecule has 1 aromatic rings. The number of carbonyl (C=O) groups is 2. The fourth-order valence-electron chi connectivity index (χ4n) is 2.78. The Morgan fingerprint density at radius 1 is 1.05 bits per heavy atom. The molecule has 1 aromatic carbocycles. The molecule has 3 rings (SSSR count). The van der Waals surface area contributed by atoms with Gasteiger partial charge < -0.3 is 10.2 Å². The molecule has 1 heterocycles. The Kier molecular flexibility index (Phi) is 4.59. The van der Waals surface area contributed by atoms with Crippen LogP contribution in [-0.2, 0) is 9.59 Å². The van der Waals surface area contributed by atoms with Crippen molar-refractivity contribution in [3.8, 4) is 0 Å². The summed E-state index contributed by atoms with van der Waals surface area (Å²) >= 11 is 11.9. The average Bonchev–Trinajstić information content (AvgIpc) is 3.34. The number of hydrogen-bond donors (Lipinski definition) is 1. The Labute approximate surface area is 139 Å². The number of anilines is 1. The van der Waals surface area contributed by atoms with Crippen molar-refractivity contribution < 1.29 is 9.59 Å². The first-order valence-electron chi connectivity index (χ1n) is 7.59. The number of nitrogens with zero attached hydrogens (tertiary/aromatic N) is 1. The van der Waals surface area contributed by atoms with E-state index >= 15 is 0 Å². The maximum Gasteiger partial charge on any atom is 0.227 e. The van der Waals surface area contributed by atoms with Crippen LogP contribution in [0, 0.1) is 11.8 Å². The smallest absolute Gasteiger partial charge is 0.227 e. The predicted molar refractivity (Wildman–Crippen MR) is 87.1 cm³/mol. The SMILES string of the molecule is O=C(Nc1ccc(Cl)cc1Cl)C1CCN(C(=O)C2CC2)CC1. The summed E-state index contributed by atoms with van der Waals surface area (Å²) in [6.07, 6.45) is 3.45. The molecule has 1 saturated carbocycles. The molecule has 2 amide bonds. The molecular weight excluding hydrogens is 323 g/mol. The molecule has 6 heteroatoms. The number of benzene rings is 1. The fraction of sp³-hybridized carbons (Fsp3) is 0.500. The van der Waals surface area contributed by atoms with E-state index in [0.717, 1.165) is 12.8 Å². The normalized spacial score (nSPS) is 19.1. The number of likely N-dealkylation sites (tertiary alicyclic amines) is 1. The first-order valence-corrected chi connectivity index (χ1v) is 8.35. The highest BCUT2D eigenvalue weighted by molar-refractivity contribution is 6.36. The van der Waals surface area contributed by atoms with Crippen LogP contribution in [0.2, 0.25) is 10.0 Å². The van der Waals surface area contributed by atoms with E-state index in [1.165, 1.54) is 0 Å². The number of hydrogen-bond acceptors (Lipinski definition) is 2. The number of rotatable bonds is 3. The van der Waals surface area contributed by atoms with Crippen molar-refractivity contribution in [2.24, 2.45) is 11.8 Å². The molecule has 1 aliphatic heterocycles. The quantitative estimate of drug-likeness (QED) is 0.914. The minimum Gasteiger partial charge on any atom is -0.342 e. The molecule has 0 unspecified atom stereocenters. The predicted octanol–water partition coefficient (Wildman–Crippen LogP) is 3.58. The molecule has 22 heavy (non-hydrogen) atoms. The van der Waals surface area contributed by atoms with Gasteiger partial charge in [-0.05, 0) is 43.9 Å². The molecule has 2 fully saturated rings. The van der Waals surface area contributed by atoms with Gasteiger partial charge in [-0.25, -0.2) is 0 Å². The van der Waals surface area contributed by atoms with Crippen LogP contribution in [0.25, 0.3) is 0 Å². The first-order chi connectivity index (χ1) is 10.5. The molecule has 0 bridgehead atoms. The Morgan fingerprint density at radius 3 is 2.32 bits per heavy atom. The van der Waals surface area contributed by atoms with Gasteiger partial charge in [-0.2, -0.15) is 0 Å². The third kappa shape index (κ3) is 3.55. The van der Waals surface area contributed by atoms with Crippen LogP contribution in [0.1, 0.15) is 25.7 Å². The third-order valence-electron chi connectivity index (χ3n) is 4.29. The van der Waals surface area contributed by atoms with Crippen LogP contribution in [0.15, 0.2) is 18.2 Å².